The minimum atomic E-state index is -3.59. The lowest BCUT2D eigenvalue weighted by molar-refractivity contribution is 0.602. The van der Waals surface area contributed by atoms with E-state index < -0.39 is 10.0 Å². The molecular formula is C12H10Br3NO2S. The number of benzene rings is 1. The number of allylic oxidation sites excluding steroid dienone is 3. The van der Waals surface area contributed by atoms with E-state index in [0.29, 0.717) is 22.3 Å². The molecule has 1 heterocycles. The van der Waals surface area contributed by atoms with Crippen LogP contribution in [0.5, 0.6) is 0 Å². The lowest BCUT2D eigenvalue weighted by atomic mass is 10.2. The van der Waals surface area contributed by atoms with Crippen LogP contribution in [-0.2, 0) is 10.0 Å². The zero-order valence-electron chi connectivity index (χ0n) is 9.90. The summed E-state index contributed by atoms with van der Waals surface area (Å²) in [6, 6.07) is 9.00. The molecule has 0 spiro atoms. The van der Waals surface area contributed by atoms with Crippen LogP contribution in [0, 0.1) is 0 Å². The second kappa shape index (κ2) is 5.71. The number of hydrogen-bond donors (Lipinski definition) is 0. The number of hydrogen-bond acceptors (Lipinski definition) is 2. The van der Waals surface area contributed by atoms with Crippen molar-refractivity contribution >= 4 is 63.5 Å². The topological polar surface area (TPSA) is 37.4 Å². The van der Waals surface area contributed by atoms with Gasteiger partial charge >= 0.3 is 0 Å². The van der Waals surface area contributed by atoms with E-state index in [1.165, 1.54) is 4.31 Å². The predicted octanol–water partition coefficient (Wildman–Crippen LogP) is 4.46. The molecule has 0 bridgehead atoms. The third-order valence-electron chi connectivity index (χ3n) is 2.71. The Bertz CT molecular complexity index is 665. The van der Waals surface area contributed by atoms with E-state index in [9.17, 15) is 8.42 Å². The van der Waals surface area contributed by atoms with Crippen LogP contribution in [0.15, 0.2) is 49.9 Å². The van der Waals surface area contributed by atoms with Gasteiger partial charge in [-0.2, -0.15) is 0 Å². The van der Waals surface area contributed by atoms with Gasteiger partial charge in [-0.05, 0) is 56.5 Å². The Hall–Kier alpha value is -0.110. The molecule has 0 saturated carbocycles. The van der Waals surface area contributed by atoms with Crippen LogP contribution >= 0.6 is 47.8 Å². The first kappa shape index (κ1) is 15.3. The van der Waals surface area contributed by atoms with Gasteiger partial charge in [0, 0.05) is 9.81 Å². The quantitative estimate of drug-likeness (QED) is 0.597. The van der Waals surface area contributed by atoms with E-state index in [0.717, 1.165) is 4.48 Å². The molecule has 1 aliphatic heterocycles. The fraction of sp³-hybridized carbons (Fsp3) is 0.167. The molecule has 19 heavy (non-hydrogen) atoms. The predicted molar refractivity (Wildman–Crippen MR) is 89.2 cm³/mol. The summed E-state index contributed by atoms with van der Waals surface area (Å²) < 4.78 is 27.5. The van der Waals surface area contributed by atoms with E-state index in [-0.39, 0.29) is 3.81 Å². The monoisotopic (exact) mass is 469 g/mol. The number of sulfonamides is 1. The number of anilines is 1. The maximum absolute atomic E-state index is 12.6. The highest BCUT2D eigenvalue weighted by atomic mass is 79.9. The van der Waals surface area contributed by atoms with Crippen molar-refractivity contribution in [1.29, 1.82) is 0 Å². The van der Waals surface area contributed by atoms with Crippen LogP contribution < -0.4 is 4.31 Å². The van der Waals surface area contributed by atoms with Crippen molar-refractivity contribution in [1.82, 2.24) is 0 Å². The number of nitrogens with zero attached hydrogens (tertiary/aromatic N) is 1. The largest absolute Gasteiger partial charge is 0.275 e. The molecule has 0 saturated heterocycles. The number of rotatable bonds is 2. The highest BCUT2D eigenvalue weighted by molar-refractivity contribution is 9.14. The van der Waals surface area contributed by atoms with Gasteiger partial charge in [0.15, 0.2) is 0 Å². The second-order valence-electron chi connectivity index (χ2n) is 3.90. The van der Waals surface area contributed by atoms with Crippen molar-refractivity contribution in [3.63, 3.8) is 0 Å². The summed E-state index contributed by atoms with van der Waals surface area (Å²) in [5.41, 5.74) is 1.94. The van der Waals surface area contributed by atoms with Crippen LogP contribution in [0.25, 0.3) is 0 Å². The van der Waals surface area contributed by atoms with Crippen molar-refractivity contribution < 1.29 is 8.42 Å². The summed E-state index contributed by atoms with van der Waals surface area (Å²) in [6.07, 6.45) is 0. The minimum absolute atomic E-state index is 0.181. The van der Waals surface area contributed by atoms with Crippen LogP contribution in [-0.4, -0.2) is 13.7 Å². The Kier molecular flexibility index (Phi) is 4.59. The Morgan fingerprint density at radius 3 is 2.26 bits per heavy atom. The van der Waals surface area contributed by atoms with Crippen LogP contribution in [0.3, 0.4) is 0 Å². The lowest BCUT2D eigenvalue weighted by Gasteiger charge is -2.31. The van der Waals surface area contributed by atoms with Crippen molar-refractivity contribution in [3.05, 3.63) is 49.9 Å². The maximum Gasteiger partial charge on any atom is 0.275 e. The van der Waals surface area contributed by atoms with Crippen LogP contribution in [0.2, 0.25) is 0 Å². The summed E-state index contributed by atoms with van der Waals surface area (Å²) in [6.45, 7) is 1.76. The molecule has 1 aromatic carbocycles. The Labute approximate surface area is 137 Å². The van der Waals surface area contributed by atoms with E-state index in [4.69, 9.17) is 0 Å². The fourth-order valence-electron chi connectivity index (χ4n) is 1.78. The van der Waals surface area contributed by atoms with Crippen molar-refractivity contribution in [2.75, 3.05) is 9.64 Å². The molecule has 3 nitrogen and oxygen atoms in total. The Morgan fingerprint density at radius 1 is 1.16 bits per heavy atom. The first-order valence-corrected chi connectivity index (χ1v) is 9.47. The molecule has 0 fully saturated rings. The van der Waals surface area contributed by atoms with Crippen LogP contribution in [0.4, 0.5) is 5.69 Å². The van der Waals surface area contributed by atoms with Gasteiger partial charge in [0.25, 0.3) is 10.0 Å². The molecule has 1 aromatic rings. The zero-order valence-corrected chi connectivity index (χ0v) is 15.5. The molecule has 0 radical (unpaired) electrons. The van der Waals surface area contributed by atoms with E-state index in [1.54, 1.807) is 19.1 Å². The van der Waals surface area contributed by atoms with Gasteiger partial charge in [0.1, 0.15) is 3.81 Å². The van der Waals surface area contributed by atoms with Crippen molar-refractivity contribution in [2.45, 2.75) is 6.92 Å². The Morgan fingerprint density at radius 2 is 1.74 bits per heavy atom. The number of para-hydroxylation sites is 1. The third kappa shape index (κ3) is 2.57. The van der Waals surface area contributed by atoms with Gasteiger partial charge in [-0.15, -0.1) is 0 Å². The zero-order chi connectivity index (χ0) is 14.2. The van der Waals surface area contributed by atoms with Crippen LogP contribution in [0.1, 0.15) is 6.92 Å². The molecule has 0 unspecified atom stereocenters. The molecule has 2 rings (SSSR count). The average Bonchev–Trinajstić information content (AvgIpc) is 2.41. The molecule has 102 valence electrons. The number of alkyl halides is 1. The molecule has 0 atom stereocenters. The summed E-state index contributed by atoms with van der Waals surface area (Å²) in [4.78, 5) is 0. The minimum Gasteiger partial charge on any atom is -0.236 e. The normalized spacial score (nSPS) is 19.1. The second-order valence-corrected chi connectivity index (χ2v) is 8.29. The molecule has 0 aliphatic carbocycles. The maximum atomic E-state index is 12.6. The summed E-state index contributed by atoms with van der Waals surface area (Å²) >= 11 is 10.0. The highest BCUT2D eigenvalue weighted by Gasteiger charge is 2.36. The molecule has 0 N–H and O–H groups in total. The Balaban J connectivity index is 2.73. The van der Waals surface area contributed by atoms with Crippen molar-refractivity contribution in [2.24, 2.45) is 0 Å². The van der Waals surface area contributed by atoms with E-state index in [2.05, 4.69) is 47.8 Å². The fourth-order valence-corrected chi connectivity index (χ4v) is 6.01. The van der Waals surface area contributed by atoms with Gasteiger partial charge < -0.3 is 0 Å². The average molecular weight is 472 g/mol. The molecular weight excluding hydrogens is 462 g/mol. The van der Waals surface area contributed by atoms with E-state index >= 15 is 0 Å². The molecule has 0 aromatic heterocycles. The molecule has 0 amide bonds. The first-order valence-electron chi connectivity index (χ1n) is 5.33. The van der Waals surface area contributed by atoms with Gasteiger partial charge in [0.05, 0.1) is 11.4 Å². The summed E-state index contributed by atoms with van der Waals surface area (Å²) in [5, 5.41) is 0.430. The first-order chi connectivity index (χ1) is 8.91. The third-order valence-corrected chi connectivity index (χ3v) is 7.78. The summed E-state index contributed by atoms with van der Waals surface area (Å²) in [7, 11) is -3.59. The molecule has 7 heteroatoms. The summed E-state index contributed by atoms with van der Waals surface area (Å²) in [5.74, 6) is 0. The van der Waals surface area contributed by atoms with Crippen molar-refractivity contribution in [3.8, 4) is 0 Å². The van der Waals surface area contributed by atoms with E-state index in [1.807, 2.05) is 18.2 Å². The van der Waals surface area contributed by atoms with Gasteiger partial charge in [-0.3, -0.25) is 0 Å². The van der Waals surface area contributed by atoms with Gasteiger partial charge in [0.2, 0.25) is 0 Å². The number of halogens is 3. The molecule has 1 aliphatic rings. The lowest BCUT2D eigenvalue weighted by Crippen LogP contribution is -2.34. The standard InChI is InChI=1S/C12H10Br3NO2S/c1-8-11(14)10(7-13)16(19(17,18)12(8)15)9-5-3-2-4-6-9/h2-6H,7H2,1H3. The SMILES string of the molecule is CC1=C(Br)S(=O)(=O)N(c2ccccc2)C(CBr)=C1Br. The highest BCUT2D eigenvalue weighted by Crippen LogP contribution is 2.42. The smallest absolute Gasteiger partial charge is 0.236 e. The van der Waals surface area contributed by atoms with Gasteiger partial charge in [-0.25, -0.2) is 12.7 Å². The van der Waals surface area contributed by atoms with Gasteiger partial charge in [-0.1, -0.05) is 34.1 Å².